The molecule has 0 spiro atoms. The topological polar surface area (TPSA) is 92.3 Å². The van der Waals surface area contributed by atoms with Crippen LogP contribution in [0.5, 0.6) is 0 Å². The molecule has 2 atom stereocenters. The van der Waals surface area contributed by atoms with E-state index in [2.05, 4.69) is 25.0 Å². The van der Waals surface area contributed by atoms with Crippen LogP contribution in [0.3, 0.4) is 0 Å². The second-order valence-corrected chi connectivity index (χ2v) is 8.30. The normalized spacial score (nSPS) is 21.3. The van der Waals surface area contributed by atoms with Gasteiger partial charge in [0.15, 0.2) is 0 Å². The molecule has 2 aromatic heterocycles. The Labute approximate surface area is 193 Å². The van der Waals surface area contributed by atoms with E-state index in [-0.39, 0.29) is 18.8 Å². The Balaban J connectivity index is 1.92. The number of halogens is 7. The van der Waals surface area contributed by atoms with Crippen molar-refractivity contribution in [3.63, 3.8) is 0 Å². The van der Waals surface area contributed by atoms with Crippen LogP contribution in [0.15, 0.2) is 18.5 Å². The number of rotatable bonds is 4. The summed E-state index contributed by atoms with van der Waals surface area (Å²) in [4.78, 5) is 24.9. The summed E-state index contributed by atoms with van der Waals surface area (Å²) in [6, 6.07) is 1.29. The van der Waals surface area contributed by atoms with Crippen LogP contribution < -0.4 is 15.5 Å². The van der Waals surface area contributed by atoms with Gasteiger partial charge in [-0.25, -0.2) is 28.5 Å². The average Bonchev–Trinajstić information content (AvgIpc) is 2.76. The highest BCUT2D eigenvalue weighted by Crippen LogP contribution is 2.50. The Morgan fingerprint density at radius 3 is 2.46 bits per heavy atom. The van der Waals surface area contributed by atoms with Crippen LogP contribution in [0, 0.1) is 0 Å². The average molecular weight is 508 g/mol. The van der Waals surface area contributed by atoms with Crippen LogP contribution >= 0.6 is 0 Å². The molecule has 0 aliphatic carbocycles. The number of carbonyl (C=O) groups is 1. The van der Waals surface area contributed by atoms with Gasteiger partial charge < -0.3 is 15.0 Å². The summed E-state index contributed by atoms with van der Waals surface area (Å²) in [5.41, 5.74) is -3.11. The van der Waals surface area contributed by atoms with Crippen molar-refractivity contribution in [2.75, 3.05) is 29.9 Å². The maximum atomic E-state index is 14.7. The summed E-state index contributed by atoms with van der Waals surface area (Å²) >= 11 is 0. The number of nitrogens with one attached hydrogen (secondary N) is 2. The number of aromatic nitrogens is 3. The van der Waals surface area contributed by atoms with Crippen molar-refractivity contribution < 1.29 is 40.3 Å². The maximum Gasteiger partial charge on any atom is 0.416 e. The molecule has 2 N–H and O–H groups in total. The number of alkyl halides is 7. The molecule has 1 unspecified atom stereocenters. The third-order valence-electron chi connectivity index (χ3n) is 5.58. The minimum Gasteiger partial charge on any atom is -0.434 e. The van der Waals surface area contributed by atoms with Crippen LogP contribution in [-0.4, -0.2) is 58.6 Å². The number of hydrogen-bond acceptors (Lipinski definition) is 7. The van der Waals surface area contributed by atoms with Crippen molar-refractivity contribution >= 4 is 17.7 Å². The summed E-state index contributed by atoms with van der Waals surface area (Å²) in [5, 5.41) is 5.12. The Kier molecular flexibility index (Phi) is 6.02. The van der Waals surface area contributed by atoms with Crippen molar-refractivity contribution in [1.29, 1.82) is 0 Å². The molecule has 0 saturated carbocycles. The number of amides is 1. The molecule has 8 nitrogen and oxygen atoms in total. The highest BCUT2D eigenvalue weighted by atomic mass is 19.4. The van der Waals surface area contributed by atoms with E-state index in [9.17, 15) is 35.5 Å². The molecule has 1 amide bonds. The Morgan fingerprint density at radius 1 is 1.11 bits per heavy atom. The smallest absolute Gasteiger partial charge is 0.416 e. The van der Waals surface area contributed by atoms with Gasteiger partial charge in [-0.3, -0.25) is 5.32 Å². The summed E-state index contributed by atoms with van der Waals surface area (Å²) in [7, 11) is 0. The van der Waals surface area contributed by atoms with Crippen molar-refractivity contribution in [3.05, 3.63) is 29.6 Å². The molecule has 0 bridgehead atoms. The van der Waals surface area contributed by atoms with E-state index in [0.717, 1.165) is 12.4 Å². The van der Waals surface area contributed by atoms with E-state index in [1.54, 1.807) is 4.90 Å². The fourth-order valence-corrected chi connectivity index (χ4v) is 3.83. The first-order valence-corrected chi connectivity index (χ1v) is 10.3. The predicted molar refractivity (Wildman–Crippen MR) is 108 cm³/mol. The zero-order valence-corrected chi connectivity index (χ0v) is 18.3. The molecule has 2 aliphatic rings. The van der Waals surface area contributed by atoms with Gasteiger partial charge in [0.1, 0.15) is 23.7 Å². The number of anilines is 2. The molecule has 190 valence electrons. The standard InChI is InChI=1S/C20H19F7N6O2/c1-9-7-33(4-3-28-9)12-6-10(20(25,26)27)5-11(31-12)14-13-15(19(23,24)18(2,21)22)35-17(34)32-16(13)30-8-29-14/h5-6,8-9,15,28H,3-4,7H2,1-2H3,(H,29,30,32,34)/t9-,15?/m0/s1. The van der Waals surface area contributed by atoms with Gasteiger partial charge in [0, 0.05) is 32.6 Å². The summed E-state index contributed by atoms with van der Waals surface area (Å²) < 4.78 is 103. The lowest BCUT2D eigenvalue weighted by Crippen LogP contribution is -2.49. The monoisotopic (exact) mass is 508 g/mol. The number of piperazine rings is 1. The lowest BCUT2D eigenvalue weighted by atomic mass is 9.95. The van der Waals surface area contributed by atoms with Crippen molar-refractivity contribution in [3.8, 4) is 11.4 Å². The van der Waals surface area contributed by atoms with E-state index in [0.29, 0.717) is 25.7 Å². The SMILES string of the molecule is C[C@H]1CN(c2cc(C(F)(F)F)cc(-c3ncnc4c3C(C(F)(F)C(C)(F)F)OC(=O)N4)n2)CCN1. The van der Waals surface area contributed by atoms with Gasteiger partial charge >= 0.3 is 24.1 Å². The molecular formula is C20H19F7N6O2. The van der Waals surface area contributed by atoms with Crippen LogP contribution in [0.4, 0.5) is 47.2 Å². The first kappa shape index (κ1) is 24.9. The van der Waals surface area contributed by atoms with Crippen molar-refractivity contribution in [2.24, 2.45) is 0 Å². The largest absolute Gasteiger partial charge is 0.434 e. The number of pyridine rings is 1. The summed E-state index contributed by atoms with van der Waals surface area (Å²) in [6.45, 7) is 2.81. The minimum absolute atomic E-state index is 0.0712. The molecule has 4 rings (SSSR count). The minimum atomic E-state index is -4.95. The zero-order chi connectivity index (χ0) is 25.8. The van der Waals surface area contributed by atoms with E-state index >= 15 is 0 Å². The van der Waals surface area contributed by atoms with Gasteiger partial charge in [0.25, 0.3) is 0 Å². The molecular weight excluding hydrogens is 489 g/mol. The molecule has 0 radical (unpaired) electrons. The van der Waals surface area contributed by atoms with Gasteiger partial charge in [-0.15, -0.1) is 0 Å². The Bertz CT molecular complexity index is 1140. The third-order valence-corrected chi connectivity index (χ3v) is 5.58. The summed E-state index contributed by atoms with van der Waals surface area (Å²) in [5.74, 6) is -10.3. The highest BCUT2D eigenvalue weighted by Gasteiger charge is 2.62. The van der Waals surface area contributed by atoms with Gasteiger partial charge in [0.05, 0.1) is 16.8 Å². The number of ether oxygens (including phenoxy) is 1. The molecule has 35 heavy (non-hydrogen) atoms. The number of carbonyl (C=O) groups excluding carboxylic acids is 1. The van der Waals surface area contributed by atoms with E-state index in [1.807, 2.05) is 12.2 Å². The fourth-order valence-electron chi connectivity index (χ4n) is 3.83. The molecule has 1 fully saturated rings. The number of fused-ring (bicyclic) bond motifs is 1. The predicted octanol–water partition coefficient (Wildman–Crippen LogP) is 4.25. The fraction of sp³-hybridized carbons (Fsp3) is 0.500. The van der Waals surface area contributed by atoms with Gasteiger partial charge in [0.2, 0.25) is 6.10 Å². The Hall–Kier alpha value is -3.23. The van der Waals surface area contributed by atoms with Crippen molar-refractivity contribution in [2.45, 2.75) is 44.0 Å². The summed E-state index contributed by atoms with van der Waals surface area (Å²) in [6.07, 6.45) is -8.43. The van der Waals surface area contributed by atoms with Crippen LogP contribution in [0.2, 0.25) is 0 Å². The van der Waals surface area contributed by atoms with Crippen molar-refractivity contribution in [1.82, 2.24) is 20.3 Å². The molecule has 0 aromatic carbocycles. The molecule has 2 aliphatic heterocycles. The van der Waals surface area contributed by atoms with Gasteiger partial charge in [-0.1, -0.05) is 0 Å². The molecule has 15 heteroatoms. The Morgan fingerprint density at radius 2 is 1.83 bits per heavy atom. The van der Waals surface area contributed by atoms with E-state index in [1.165, 1.54) is 0 Å². The highest BCUT2D eigenvalue weighted by molar-refractivity contribution is 5.89. The second-order valence-electron chi connectivity index (χ2n) is 8.30. The van der Waals surface area contributed by atoms with Crippen LogP contribution in [0.25, 0.3) is 11.4 Å². The zero-order valence-electron chi connectivity index (χ0n) is 18.3. The molecule has 4 heterocycles. The molecule has 1 saturated heterocycles. The first-order valence-electron chi connectivity index (χ1n) is 10.3. The maximum absolute atomic E-state index is 14.7. The lowest BCUT2D eigenvalue weighted by Gasteiger charge is -2.35. The van der Waals surface area contributed by atoms with Crippen LogP contribution in [0.1, 0.15) is 31.1 Å². The van der Waals surface area contributed by atoms with Gasteiger partial charge in [-0.2, -0.15) is 22.0 Å². The quantitative estimate of drug-likeness (QED) is 0.597. The van der Waals surface area contributed by atoms with Crippen LogP contribution in [-0.2, 0) is 10.9 Å². The van der Waals surface area contributed by atoms with E-state index < -0.39 is 58.6 Å². The lowest BCUT2D eigenvalue weighted by molar-refractivity contribution is -0.245. The number of cyclic esters (lactones) is 1. The van der Waals surface area contributed by atoms with Gasteiger partial charge in [-0.05, 0) is 19.1 Å². The first-order chi connectivity index (χ1) is 16.2. The van der Waals surface area contributed by atoms with E-state index in [4.69, 9.17) is 0 Å². The number of nitrogens with zero attached hydrogens (tertiary/aromatic N) is 4. The second kappa shape index (κ2) is 8.46. The number of hydrogen-bond donors (Lipinski definition) is 2. The molecule has 2 aromatic rings. The third kappa shape index (κ3) is 4.68.